The van der Waals surface area contributed by atoms with Gasteiger partial charge in [-0.1, -0.05) is 36.4 Å². The highest BCUT2D eigenvalue weighted by molar-refractivity contribution is 5.91. The van der Waals surface area contributed by atoms with Crippen LogP contribution in [0.3, 0.4) is 0 Å². The lowest BCUT2D eigenvalue weighted by Crippen LogP contribution is -2.52. The Hall–Kier alpha value is -2.10. The zero-order valence-corrected chi connectivity index (χ0v) is 16.6. The van der Waals surface area contributed by atoms with Gasteiger partial charge in [-0.2, -0.15) is 0 Å². The molecule has 1 aromatic carbocycles. The maximum atomic E-state index is 13.2. The molecule has 4 heteroatoms. The summed E-state index contributed by atoms with van der Waals surface area (Å²) >= 11 is 0. The molecule has 0 bridgehead atoms. The predicted molar refractivity (Wildman–Crippen MR) is 108 cm³/mol. The third kappa shape index (κ3) is 3.07. The van der Waals surface area contributed by atoms with Gasteiger partial charge in [-0.05, 0) is 62.8 Å². The van der Waals surface area contributed by atoms with E-state index >= 15 is 0 Å². The van der Waals surface area contributed by atoms with Crippen LogP contribution in [0.25, 0.3) is 0 Å². The maximum absolute atomic E-state index is 13.2. The lowest BCUT2D eigenvalue weighted by Gasteiger charge is -2.47. The fraction of sp³-hybridized carbons (Fsp3) is 0.583. The van der Waals surface area contributed by atoms with Gasteiger partial charge in [0.1, 0.15) is 0 Å². The van der Waals surface area contributed by atoms with Crippen molar-refractivity contribution in [2.24, 2.45) is 11.3 Å². The van der Waals surface area contributed by atoms with Gasteiger partial charge in [-0.3, -0.25) is 9.59 Å². The Morgan fingerprint density at radius 1 is 1.11 bits per heavy atom. The number of fused-ring (bicyclic) bond motifs is 1. The highest BCUT2D eigenvalue weighted by atomic mass is 16.2. The van der Waals surface area contributed by atoms with Crippen molar-refractivity contribution in [3.8, 4) is 0 Å². The maximum Gasteiger partial charge on any atom is 0.230 e. The fourth-order valence-corrected chi connectivity index (χ4v) is 5.26. The number of piperidine rings is 1. The van der Waals surface area contributed by atoms with Crippen LogP contribution < -0.4 is 5.32 Å². The van der Waals surface area contributed by atoms with Crippen molar-refractivity contribution < 1.29 is 9.59 Å². The Kier molecular flexibility index (Phi) is 4.33. The molecular formula is C24H30N2O2. The third-order valence-electron chi connectivity index (χ3n) is 7.39. The predicted octanol–water partition coefficient (Wildman–Crippen LogP) is 3.92. The summed E-state index contributed by atoms with van der Waals surface area (Å²) in [6.45, 7) is 1.55. The molecule has 1 heterocycles. The zero-order chi connectivity index (χ0) is 19.2. The molecular weight excluding hydrogens is 348 g/mol. The van der Waals surface area contributed by atoms with E-state index in [-0.39, 0.29) is 22.6 Å². The van der Waals surface area contributed by atoms with Crippen molar-refractivity contribution in [3.63, 3.8) is 0 Å². The van der Waals surface area contributed by atoms with Gasteiger partial charge < -0.3 is 10.2 Å². The van der Waals surface area contributed by atoms with Crippen LogP contribution in [0.4, 0.5) is 0 Å². The molecule has 3 aliphatic carbocycles. The number of carbonyl (C=O) groups excluding carboxylic acids is 2. The summed E-state index contributed by atoms with van der Waals surface area (Å²) in [5, 5.41) is 3.33. The second-order valence-corrected chi connectivity index (χ2v) is 9.34. The molecule has 2 saturated carbocycles. The number of allylic oxidation sites excluding steroid dienone is 1. The largest absolute Gasteiger partial charge is 0.354 e. The van der Waals surface area contributed by atoms with Crippen LogP contribution in [-0.4, -0.2) is 29.8 Å². The normalized spacial score (nSPS) is 28.4. The summed E-state index contributed by atoms with van der Waals surface area (Å²) in [4.78, 5) is 27.9. The second kappa shape index (κ2) is 6.75. The smallest absolute Gasteiger partial charge is 0.230 e. The van der Waals surface area contributed by atoms with Crippen LogP contribution in [0.15, 0.2) is 42.1 Å². The molecule has 1 aromatic rings. The van der Waals surface area contributed by atoms with Crippen LogP contribution in [0.5, 0.6) is 0 Å². The molecule has 1 unspecified atom stereocenters. The SMILES string of the molecule is O=C1CCC2(CNC(=O)C3(c4ccccc4)CC3)CCCC=C2N1CC1CC1. The van der Waals surface area contributed by atoms with Crippen LogP contribution in [0, 0.1) is 11.3 Å². The number of hydrogen-bond donors (Lipinski definition) is 1. The van der Waals surface area contributed by atoms with E-state index in [9.17, 15) is 9.59 Å². The summed E-state index contributed by atoms with van der Waals surface area (Å²) in [6.07, 6.45) is 11.4. The molecule has 1 N–H and O–H groups in total. The number of likely N-dealkylation sites (tertiary alicyclic amines) is 1. The van der Waals surface area contributed by atoms with E-state index in [2.05, 4.69) is 28.4 Å². The van der Waals surface area contributed by atoms with Crippen LogP contribution >= 0.6 is 0 Å². The molecule has 0 radical (unpaired) electrons. The number of nitrogens with one attached hydrogen (secondary N) is 1. The van der Waals surface area contributed by atoms with Gasteiger partial charge in [0.05, 0.1) is 5.41 Å². The highest BCUT2D eigenvalue weighted by Crippen LogP contribution is 2.50. The van der Waals surface area contributed by atoms with Gasteiger partial charge in [0, 0.05) is 30.6 Å². The van der Waals surface area contributed by atoms with E-state index < -0.39 is 0 Å². The van der Waals surface area contributed by atoms with Gasteiger partial charge in [-0.25, -0.2) is 0 Å². The van der Waals surface area contributed by atoms with Crippen molar-refractivity contribution in [2.75, 3.05) is 13.1 Å². The second-order valence-electron chi connectivity index (χ2n) is 9.34. The molecule has 1 aliphatic heterocycles. The third-order valence-corrected chi connectivity index (χ3v) is 7.39. The van der Waals surface area contributed by atoms with E-state index in [1.54, 1.807) is 0 Å². The average molecular weight is 379 g/mol. The van der Waals surface area contributed by atoms with Crippen LogP contribution in [-0.2, 0) is 15.0 Å². The average Bonchev–Trinajstić information content (AvgIpc) is 3.64. The molecule has 5 rings (SSSR count). The lowest BCUT2D eigenvalue weighted by atomic mass is 9.69. The van der Waals surface area contributed by atoms with Crippen molar-refractivity contribution in [1.29, 1.82) is 0 Å². The first-order valence-corrected chi connectivity index (χ1v) is 11.0. The fourth-order valence-electron chi connectivity index (χ4n) is 5.26. The minimum absolute atomic E-state index is 0.0521. The number of amides is 2. The van der Waals surface area contributed by atoms with Gasteiger partial charge >= 0.3 is 0 Å². The number of carbonyl (C=O) groups is 2. The van der Waals surface area contributed by atoms with Crippen molar-refractivity contribution in [1.82, 2.24) is 10.2 Å². The lowest BCUT2D eigenvalue weighted by molar-refractivity contribution is -0.134. The zero-order valence-electron chi connectivity index (χ0n) is 16.6. The van der Waals surface area contributed by atoms with Gasteiger partial charge in [0.2, 0.25) is 11.8 Å². The summed E-state index contributed by atoms with van der Waals surface area (Å²) in [6, 6.07) is 10.2. The molecule has 4 aliphatic rings. The minimum Gasteiger partial charge on any atom is -0.354 e. The Bertz CT molecular complexity index is 807. The molecule has 28 heavy (non-hydrogen) atoms. The van der Waals surface area contributed by atoms with Crippen molar-refractivity contribution >= 4 is 11.8 Å². The van der Waals surface area contributed by atoms with E-state index in [1.165, 1.54) is 18.5 Å². The van der Waals surface area contributed by atoms with E-state index in [0.29, 0.717) is 18.9 Å². The Morgan fingerprint density at radius 3 is 2.61 bits per heavy atom. The topological polar surface area (TPSA) is 49.4 Å². The summed E-state index contributed by atoms with van der Waals surface area (Å²) < 4.78 is 0. The molecule has 0 aromatic heterocycles. The van der Waals surface area contributed by atoms with Gasteiger partial charge in [0.15, 0.2) is 0 Å². The summed E-state index contributed by atoms with van der Waals surface area (Å²) in [5.41, 5.74) is 1.98. The summed E-state index contributed by atoms with van der Waals surface area (Å²) in [7, 11) is 0. The first-order chi connectivity index (χ1) is 13.6. The highest BCUT2D eigenvalue weighted by Gasteiger charge is 2.52. The first-order valence-electron chi connectivity index (χ1n) is 11.0. The molecule has 1 atom stereocenters. The molecule has 4 nitrogen and oxygen atoms in total. The molecule has 0 spiro atoms. The van der Waals surface area contributed by atoms with Crippen molar-refractivity contribution in [3.05, 3.63) is 47.7 Å². The monoisotopic (exact) mass is 378 g/mol. The van der Waals surface area contributed by atoms with Crippen molar-refractivity contribution in [2.45, 2.75) is 63.2 Å². The number of hydrogen-bond acceptors (Lipinski definition) is 2. The van der Waals surface area contributed by atoms with Gasteiger partial charge in [-0.15, -0.1) is 0 Å². The van der Waals surface area contributed by atoms with E-state index in [0.717, 1.165) is 50.6 Å². The standard InChI is InChI=1S/C24H30N2O2/c27-21-11-13-23(12-5-4-8-20(23)26(21)16-18-9-10-18)17-25-22(28)24(14-15-24)19-6-2-1-3-7-19/h1-3,6-8,18H,4-5,9-17H2,(H,25,28). The number of benzene rings is 1. The molecule has 1 saturated heterocycles. The Labute approximate surface area is 167 Å². The number of nitrogens with zero attached hydrogens (tertiary/aromatic N) is 1. The molecule has 3 fully saturated rings. The number of rotatable bonds is 6. The van der Waals surface area contributed by atoms with E-state index in [1.807, 2.05) is 18.2 Å². The van der Waals surface area contributed by atoms with Crippen LogP contribution in [0.2, 0.25) is 0 Å². The van der Waals surface area contributed by atoms with E-state index in [4.69, 9.17) is 0 Å². The summed E-state index contributed by atoms with van der Waals surface area (Å²) in [5.74, 6) is 1.14. The Morgan fingerprint density at radius 2 is 1.89 bits per heavy atom. The van der Waals surface area contributed by atoms with Gasteiger partial charge in [0.25, 0.3) is 0 Å². The molecule has 148 valence electrons. The minimum atomic E-state index is -0.325. The van der Waals surface area contributed by atoms with Crippen LogP contribution in [0.1, 0.15) is 63.4 Å². The first kappa shape index (κ1) is 18.0. The quantitative estimate of drug-likeness (QED) is 0.816. The molecule has 2 amide bonds. The Balaban J connectivity index is 1.33.